The van der Waals surface area contributed by atoms with Gasteiger partial charge in [-0.2, -0.15) is 34.9 Å². The van der Waals surface area contributed by atoms with Gasteiger partial charge in [0, 0.05) is 0 Å². The van der Waals surface area contributed by atoms with Crippen LogP contribution in [0, 0.1) is 0 Å². The molecule has 0 radical (unpaired) electrons. The highest BCUT2D eigenvalue weighted by molar-refractivity contribution is 7.83. The molecule has 22 nitrogen and oxygen atoms in total. The highest BCUT2D eigenvalue weighted by atomic mass is 32.3. The summed E-state index contributed by atoms with van der Waals surface area (Å²) < 4.78 is 119. The molecule has 8 N–H and O–H groups in total. The smallest absolute Gasteiger partial charge is 0.397 e. The van der Waals surface area contributed by atoms with Crippen LogP contribution in [-0.4, -0.2) is 121 Å². The Kier molecular flexibility index (Phi) is 10.3. The molecule has 0 aromatic rings. The van der Waals surface area contributed by atoms with E-state index in [1.54, 1.807) is 0 Å². The normalized spacial score (nSPS) is 33.4. The number of carboxylic acids is 1. The van der Waals surface area contributed by atoms with Crippen molar-refractivity contribution < 1.29 is 96.8 Å². The molecule has 2 aliphatic rings. The van der Waals surface area contributed by atoms with Gasteiger partial charge in [-0.3, -0.25) is 13.7 Å². The van der Waals surface area contributed by atoms with E-state index >= 15 is 0 Å². The number of aliphatic hydroxyl groups is 2. The van der Waals surface area contributed by atoms with Crippen molar-refractivity contribution in [3.8, 4) is 0 Å². The molecule has 25 heteroatoms. The van der Waals surface area contributed by atoms with Crippen molar-refractivity contribution in [1.82, 2.24) is 4.72 Å². The lowest BCUT2D eigenvalue weighted by molar-refractivity contribution is -0.523. The lowest BCUT2D eigenvalue weighted by atomic mass is 9.97. The molecular formula is C12H19NO21S3. The van der Waals surface area contributed by atoms with E-state index < -0.39 is 98.6 Å². The first-order chi connectivity index (χ1) is 16.8. The third-order valence-corrected chi connectivity index (χ3v) is 5.86. The first kappa shape index (κ1) is 31.6. The number of ether oxygens (including phenoxy) is 3. The molecule has 1 fully saturated rings. The van der Waals surface area contributed by atoms with Crippen molar-refractivity contribution in [1.29, 1.82) is 0 Å². The van der Waals surface area contributed by atoms with E-state index in [2.05, 4.69) is 18.3 Å². The van der Waals surface area contributed by atoms with Crippen LogP contribution < -0.4 is 4.72 Å². The molecule has 0 aromatic heterocycles. The van der Waals surface area contributed by atoms with E-state index in [-0.39, 0.29) is 0 Å². The van der Waals surface area contributed by atoms with Crippen molar-refractivity contribution >= 4 is 37.1 Å². The van der Waals surface area contributed by atoms with Gasteiger partial charge in [-0.1, -0.05) is 5.04 Å². The molecule has 2 rings (SSSR count). The van der Waals surface area contributed by atoms with E-state index in [4.69, 9.17) is 38.2 Å². The molecule has 216 valence electrons. The standard InChI is InChI=1S/C12H19NO21S3/c14-3-1-4(10(15)16)30-12(7(3)33-37(25,26)27)31-8-5(2-28-36(22,23)24)29-11(17)6(9(8)32-34-18)13-35(19,20)21/h1,3,5-9,11-14,17-18H,2H2,(H,15,16)(H,19,20,21)(H,22,23,24)(H,25,26,27)/t3-,5?,6?,7?,8+,9+,11+,12-/m0/s1. The number of nitrogens with one attached hydrogen (secondary N) is 1. The van der Waals surface area contributed by atoms with E-state index in [0.717, 1.165) is 0 Å². The number of hydrogen-bond acceptors (Lipinski definition) is 17. The molecule has 0 aliphatic carbocycles. The van der Waals surface area contributed by atoms with Crippen LogP contribution in [0.15, 0.2) is 11.8 Å². The van der Waals surface area contributed by atoms with Crippen LogP contribution in [0.4, 0.5) is 0 Å². The summed E-state index contributed by atoms with van der Waals surface area (Å²) in [5.74, 6) is -2.93. The van der Waals surface area contributed by atoms with Gasteiger partial charge in [0.1, 0.15) is 30.5 Å². The summed E-state index contributed by atoms with van der Waals surface area (Å²) in [5, 5.41) is 41.6. The number of hydrogen-bond donors (Lipinski definition) is 8. The molecule has 8 atom stereocenters. The number of rotatable bonds is 12. The fourth-order valence-electron chi connectivity index (χ4n) is 3.10. The average Bonchev–Trinajstić information content (AvgIpc) is 2.71. The second kappa shape index (κ2) is 12.0. The minimum Gasteiger partial charge on any atom is -0.475 e. The summed E-state index contributed by atoms with van der Waals surface area (Å²) >= 11 is 0. The summed E-state index contributed by atoms with van der Waals surface area (Å²) in [7, 11) is -15.8. The van der Waals surface area contributed by atoms with Gasteiger partial charge >= 0.3 is 37.1 Å². The van der Waals surface area contributed by atoms with Gasteiger partial charge in [0.2, 0.25) is 12.0 Å². The largest absolute Gasteiger partial charge is 0.475 e. The van der Waals surface area contributed by atoms with E-state index in [0.29, 0.717) is 6.08 Å². The molecule has 2 aliphatic heterocycles. The second-order valence-corrected chi connectivity index (χ2v) is 10.3. The Morgan fingerprint density at radius 3 is 2.11 bits per heavy atom. The molecule has 0 amide bonds. The van der Waals surface area contributed by atoms with Crippen molar-refractivity contribution in [3.05, 3.63) is 11.8 Å². The van der Waals surface area contributed by atoms with E-state index in [9.17, 15) is 40.3 Å². The molecule has 0 aromatic carbocycles. The van der Waals surface area contributed by atoms with Crippen LogP contribution in [0.25, 0.3) is 0 Å². The van der Waals surface area contributed by atoms with Gasteiger partial charge < -0.3 is 29.5 Å². The van der Waals surface area contributed by atoms with Crippen molar-refractivity contribution in [2.75, 3.05) is 6.61 Å². The Morgan fingerprint density at radius 2 is 1.62 bits per heavy atom. The zero-order chi connectivity index (χ0) is 28.3. The highest BCUT2D eigenvalue weighted by Crippen LogP contribution is 2.31. The summed E-state index contributed by atoms with van der Waals surface area (Å²) in [5.41, 5.74) is 0. The maximum Gasteiger partial charge on any atom is 0.397 e. The molecule has 1 saturated heterocycles. The van der Waals surface area contributed by atoms with Gasteiger partial charge in [-0.15, -0.1) is 0 Å². The average molecular weight is 609 g/mol. The molecule has 0 bridgehead atoms. The van der Waals surface area contributed by atoms with E-state index in [1.165, 1.54) is 4.72 Å². The maximum atomic E-state index is 11.3. The van der Waals surface area contributed by atoms with Crippen LogP contribution in [0.3, 0.4) is 0 Å². The lowest BCUT2D eigenvalue weighted by Crippen LogP contribution is -2.66. The highest BCUT2D eigenvalue weighted by Gasteiger charge is 2.53. The number of carboxylic acid groups (broad SMARTS) is 1. The predicted molar refractivity (Wildman–Crippen MR) is 103 cm³/mol. The first-order valence-electron chi connectivity index (χ1n) is 9.09. The Labute approximate surface area is 206 Å². The monoisotopic (exact) mass is 609 g/mol. The fraction of sp³-hybridized carbons (Fsp3) is 0.750. The number of carbonyl (C=O) groups is 1. The Bertz CT molecular complexity index is 1170. The number of aliphatic hydroxyl groups excluding tert-OH is 2. The van der Waals surface area contributed by atoms with Crippen molar-refractivity contribution in [2.45, 2.75) is 49.1 Å². The molecule has 0 spiro atoms. The van der Waals surface area contributed by atoms with Crippen LogP contribution in [0.1, 0.15) is 0 Å². The Balaban J connectivity index is 2.54. The zero-order valence-electron chi connectivity index (χ0n) is 17.5. The van der Waals surface area contributed by atoms with Gasteiger partial charge in [-0.25, -0.2) is 18.4 Å². The van der Waals surface area contributed by atoms with Gasteiger partial charge in [-0.05, 0) is 6.08 Å². The van der Waals surface area contributed by atoms with Gasteiger partial charge in [0.25, 0.3) is 0 Å². The molecule has 0 saturated carbocycles. The molecule has 2 heterocycles. The summed E-state index contributed by atoms with van der Waals surface area (Å²) in [6.45, 7) is -1.30. The summed E-state index contributed by atoms with van der Waals surface area (Å²) in [6.07, 6.45) is -15.4. The Hall–Kier alpha value is -1.66. The van der Waals surface area contributed by atoms with Gasteiger partial charge in [0.15, 0.2) is 12.4 Å². The van der Waals surface area contributed by atoms with Crippen LogP contribution in [-0.2, 0) is 68.4 Å². The first-order valence-corrected chi connectivity index (χ1v) is 13.3. The van der Waals surface area contributed by atoms with Crippen LogP contribution in [0.5, 0.6) is 0 Å². The zero-order valence-corrected chi connectivity index (χ0v) is 19.9. The van der Waals surface area contributed by atoms with Gasteiger partial charge in [0.05, 0.1) is 6.61 Å². The van der Waals surface area contributed by atoms with Crippen LogP contribution in [0.2, 0.25) is 0 Å². The molecule has 37 heavy (non-hydrogen) atoms. The predicted octanol–water partition coefficient (Wildman–Crippen LogP) is -4.67. The fourth-order valence-corrected chi connectivity index (χ4v) is 4.49. The van der Waals surface area contributed by atoms with Crippen molar-refractivity contribution in [2.24, 2.45) is 0 Å². The summed E-state index contributed by atoms with van der Waals surface area (Å²) in [6, 6.07) is -2.20. The minimum atomic E-state index is -5.40. The Morgan fingerprint density at radius 1 is 1.00 bits per heavy atom. The SMILES string of the molecule is O=C(O)C1=C[C@H](O)C(OS(=O)(=O)O)[C@H](O[C@@H]2C(COS(=O)(=O)O)O[C@@H](O)C(NS(=O)(=O)O)[C@H]2OOO)O1. The van der Waals surface area contributed by atoms with Crippen molar-refractivity contribution in [3.63, 3.8) is 0 Å². The topological polar surface area (TPSA) is 338 Å². The third kappa shape index (κ3) is 9.55. The molecular weight excluding hydrogens is 590 g/mol. The quantitative estimate of drug-likeness (QED) is 0.0585. The van der Waals surface area contributed by atoms with Crippen LogP contribution >= 0.6 is 0 Å². The van der Waals surface area contributed by atoms with E-state index in [1.807, 2.05) is 0 Å². The number of aliphatic carboxylic acids is 1. The lowest BCUT2D eigenvalue weighted by Gasteiger charge is -2.44. The molecule has 3 unspecified atom stereocenters. The summed E-state index contributed by atoms with van der Waals surface area (Å²) in [4.78, 5) is 15.7. The maximum absolute atomic E-state index is 11.3. The third-order valence-electron chi connectivity index (χ3n) is 4.39. The minimum absolute atomic E-state index is 0.422. The second-order valence-electron chi connectivity index (χ2n) is 6.93.